The molecule has 2 aromatic rings. The van der Waals surface area contributed by atoms with Crippen LogP contribution in [-0.2, 0) is 9.53 Å². The molecule has 25 heavy (non-hydrogen) atoms. The van der Waals surface area contributed by atoms with Gasteiger partial charge >= 0.3 is 0 Å². The van der Waals surface area contributed by atoms with E-state index < -0.39 is 0 Å². The monoisotopic (exact) mass is 445 g/mol. The highest BCUT2D eigenvalue weighted by Crippen LogP contribution is 2.36. The van der Waals surface area contributed by atoms with Gasteiger partial charge in [0.15, 0.2) is 6.61 Å². The molecule has 134 valence electrons. The van der Waals surface area contributed by atoms with Crippen LogP contribution in [0, 0.1) is 13.8 Å². The summed E-state index contributed by atoms with van der Waals surface area (Å²) in [6, 6.07) is 1.80. The van der Waals surface area contributed by atoms with Crippen LogP contribution in [0.4, 0.5) is 5.13 Å². The lowest BCUT2D eigenvalue weighted by molar-refractivity contribution is -0.118. The molecule has 1 N–H and O–H groups in total. The number of carbonyl (C=O) groups excluding carboxylic acids is 1. The summed E-state index contributed by atoms with van der Waals surface area (Å²) >= 11 is 11.0. The topological polar surface area (TPSA) is 73.3 Å². The minimum Gasteiger partial charge on any atom is -0.483 e. The fourth-order valence-electron chi connectivity index (χ4n) is 2.49. The van der Waals surface area contributed by atoms with Crippen LogP contribution in [0.2, 0.25) is 5.02 Å². The molecule has 1 aliphatic heterocycles. The Labute approximate surface area is 163 Å². The number of halogens is 2. The average Bonchev–Trinajstić information content (AvgIpc) is 3.26. The van der Waals surface area contributed by atoms with Gasteiger partial charge in [0, 0.05) is 11.6 Å². The van der Waals surface area contributed by atoms with Gasteiger partial charge in [0.25, 0.3) is 5.91 Å². The molecule has 1 aliphatic rings. The molecule has 1 amide bonds. The second-order valence-corrected chi connectivity index (χ2v) is 7.91. The van der Waals surface area contributed by atoms with Gasteiger partial charge in [0.2, 0.25) is 5.13 Å². The lowest BCUT2D eigenvalue weighted by Gasteiger charge is -2.12. The Hall–Kier alpha value is -1.22. The number of carbonyl (C=O) groups is 1. The van der Waals surface area contributed by atoms with Gasteiger partial charge in [0.1, 0.15) is 16.9 Å². The van der Waals surface area contributed by atoms with Crippen molar-refractivity contribution in [3.63, 3.8) is 0 Å². The summed E-state index contributed by atoms with van der Waals surface area (Å²) in [5.41, 5.74) is 1.77. The number of hydrogen-bond acceptors (Lipinski definition) is 6. The lowest BCUT2D eigenvalue weighted by atomic mass is 10.1. The van der Waals surface area contributed by atoms with Crippen LogP contribution >= 0.6 is 38.9 Å². The predicted molar refractivity (Wildman–Crippen MR) is 101 cm³/mol. The predicted octanol–water partition coefficient (Wildman–Crippen LogP) is 4.44. The number of hydrogen-bond donors (Lipinski definition) is 1. The van der Waals surface area contributed by atoms with E-state index in [0.29, 0.717) is 15.9 Å². The molecule has 1 aromatic heterocycles. The number of nitrogens with one attached hydrogen (secondary N) is 1. The van der Waals surface area contributed by atoms with E-state index in [1.807, 2.05) is 13.8 Å². The SMILES string of the molecule is Cc1cc(OCC(=O)Nc2nnc(C3CCCO3)s2)c(Br)c(C)c1Cl. The smallest absolute Gasteiger partial charge is 0.264 e. The van der Waals surface area contributed by atoms with E-state index in [-0.39, 0.29) is 18.6 Å². The van der Waals surface area contributed by atoms with Crippen LogP contribution in [-0.4, -0.2) is 29.3 Å². The zero-order valence-electron chi connectivity index (χ0n) is 13.8. The first-order valence-corrected chi connectivity index (χ1v) is 9.77. The summed E-state index contributed by atoms with van der Waals surface area (Å²) in [7, 11) is 0. The van der Waals surface area contributed by atoms with Crippen molar-refractivity contribution in [1.29, 1.82) is 0 Å². The first-order chi connectivity index (χ1) is 12.0. The molecule has 9 heteroatoms. The molecule has 1 aromatic carbocycles. The highest BCUT2D eigenvalue weighted by molar-refractivity contribution is 9.10. The Morgan fingerprint density at radius 2 is 2.32 bits per heavy atom. The Morgan fingerprint density at radius 3 is 3.04 bits per heavy atom. The molecular formula is C16H17BrClN3O3S. The maximum Gasteiger partial charge on any atom is 0.264 e. The number of rotatable bonds is 5. The molecule has 1 saturated heterocycles. The van der Waals surface area contributed by atoms with E-state index >= 15 is 0 Å². The van der Waals surface area contributed by atoms with E-state index in [2.05, 4.69) is 31.4 Å². The molecular weight excluding hydrogens is 430 g/mol. The quantitative estimate of drug-likeness (QED) is 0.735. The van der Waals surface area contributed by atoms with Gasteiger partial charge in [-0.25, -0.2) is 0 Å². The fraction of sp³-hybridized carbons (Fsp3) is 0.438. The van der Waals surface area contributed by atoms with Crippen LogP contribution in [0.3, 0.4) is 0 Å². The zero-order valence-corrected chi connectivity index (χ0v) is 16.9. The van der Waals surface area contributed by atoms with Gasteiger partial charge in [-0.05, 0) is 59.8 Å². The highest BCUT2D eigenvalue weighted by Gasteiger charge is 2.22. The summed E-state index contributed by atoms with van der Waals surface area (Å²) in [5, 5.41) is 12.7. The molecule has 0 aliphatic carbocycles. The fourth-order valence-corrected chi connectivity index (χ4v) is 4.03. The number of amides is 1. The Kier molecular flexibility index (Phi) is 5.93. The average molecular weight is 447 g/mol. The third-order valence-corrected chi connectivity index (χ3v) is 6.32. The number of aromatic nitrogens is 2. The van der Waals surface area contributed by atoms with Crippen molar-refractivity contribution in [2.75, 3.05) is 18.5 Å². The van der Waals surface area contributed by atoms with Crippen LogP contribution in [0.15, 0.2) is 10.5 Å². The minimum atomic E-state index is -0.299. The van der Waals surface area contributed by atoms with Gasteiger partial charge in [0.05, 0.1) is 4.47 Å². The molecule has 3 rings (SSSR count). The van der Waals surface area contributed by atoms with Crippen molar-refractivity contribution in [1.82, 2.24) is 10.2 Å². The largest absolute Gasteiger partial charge is 0.483 e. The number of nitrogens with zero attached hydrogens (tertiary/aromatic N) is 2. The Balaban J connectivity index is 1.58. The van der Waals surface area contributed by atoms with Gasteiger partial charge in [-0.15, -0.1) is 10.2 Å². The third-order valence-electron chi connectivity index (χ3n) is 3.82. The van der Waals surface area contributed by atoms with Crippen molar-refractivity contribution in [2.24, 2.45) is 0 Å². The molecule has 2 heterocycles. The summed E-state index contributed by atoms with van der Waals surface area (Å²) in [6.45, 7) is 4.39. The number of anilines is 1. The maximum atomic E-state index is 12.1. The Bertz CT molecular complexity index is 793. The van der Waals surface area contributed by atoms with E-state index in [4.69, 9.17) is 21.1 Å². The van der Waals surface area contributed by atoms with E-state index in [9.17, 15) is 4.79 Å². The maximum absolute atomic E-state index is 12.1. The summed E-state index contributed by atoms with van der Waals surface area (Å²) in [5.74, 6) is 0.277. The number of benzene rings is 1. The van der Waals surface area contributed by atoms with Crippen molar-refractivity contribution in [3.05, 3.63) is 31.7 Å². The van der Waals surface area contributed by atoms with Crippen molar-refractivity contribution in [3.8, 4) is 5.75 Å². The van der Waals surface area contributed by atoms with Crippen molar-refractivity contribution < 1.29 is 14.3 Å². The first kappa shape index (κ1) is 18.6. The third kappa shape index (κ3) is 4.31. The van der Waals surface area contributed by atoms with Crippen molar-refractivity contribution in [2.45, 2.75) is 32.8 Å². The summed E-state index contributed by atoms with van der Waals surface area (Å²) in [4.78, 5) is 12.1. The molecule has 0 radical (unpaired) electrons. The second kappa shape index (κ2) is 7.99. The summed E-state index contributed by atoms with van der Waals surface area (Å²) in [6.07, 6.45) is 1.96. The molecule has 1 atom stereocenters. The molecule has 6 nitrogen and oxygen atoms in total. The van der Waals surface area contributed by atoms with Gasteiger partial charge in [-0.3, -0.25) is 10.1 Å². The number of aryl methyl sites for hydroxylation is 1. The Morgan fingerprint density at radius 1 is 1.52 bits per heavy atom. The molecule has 1 unspecified atom stereocenters. The molecule has 0 bridgehead atoms. The lowest BCUT2D eigenvalue weighted by Crippen LogP contribution is -2.20. The summed E-state index contributed by atoms with van der Waals surface area (Å²) < 4.78 is 11.9. The molecule has 0 spiro atoms. The van der Waals surface area contributed by atoms with Crippen LogP contribution in [0.1, 0.15) is 35.1 Å². The van der Waals surface area contributed by atoms with Crippen LogP contribution < -0.4 is 10.1 Å². The van der Waals surface area contributed by atoms with E-state index in [1.54, 1.807) is 6.07 Å². The van der Waals surface area contributed by atoms with Crippen molar-refractivity contribution >= 4 is 49.9 Å². The number of ether oxygens (including phenoxy) is 2. The molecule has 1 fully saturated rings. The molecule has 0 saturated carbocycles. The zero-order chi connectivity index (χ0) is 18.0. The van der Waals surface area contributed by atoms with Crippen LogP contribution in [0.5, 0.6) is 5.75 Å². The van der Waals surface area contributed by atoms with E-state index in [1.165, 1.54) is 11.3 Å². The van der Waals surface area contributed by atoms with Gasteiger partial charge in [-0.1, -0.05) is 22.9 Å². The standard InChI is InChI=1S/C16H17BrClN3O3S/c1-8-6-11(13(17)9(2)14(8)18)24-7-12(22)19-16-21-20-15(25-16)10-4-3-5-23-10/h6,10H,3-5,7H2,1-2H3,(H,19,21,22). The first-order valence-electron chi connectivity index (χ1n) is 7.78. The minimum absolute atomic E-state index is 0.00428. The van der Waals surface area contributed by atoms with Gasteiger partial charge < -0.3 is 9.47 Å². The van der Waals surface area contributed by atoms with Crippen LogP contribution in [0.25, 0.3) is 0 Å². The normalized spacial score (nSPS) is 16.9. The highest BCUT2D eigenvalue weighted by atomic mass is 79.9. The second-order valence-electron chi connectivity index (χ2n) is 5.73. The van der Waals surface area contributed by atoms with E-state index in [0.717, 1.165) is 40.1 Å². The van der Waals surface area contributed by atoms with Gasteiger partial charge in [-0.2, -0.15) is 0 Å².